The summed E-state index contributed by atoms with van der Waals surface area (Å²) in [5.41, 5.74) is -0.219. The number of carbonyl (C=O) groups excluding carboxylic acids is 1. The Balaban J connectivity index is 1.83. The highest BCUT2D eigenvalue weighted by molar-refractivity contribution is 5.83. The van der Waals surface area contributed by atoms with Crippen molar-refractivity contribution >= 4 is 5.91 Å². The fourth-order valence-electron chi connectivity index (χ4n) is 3.00. The van der Waals surface area contributed by atoms with E-state index in [-0.39, 0.29) is 17.4 Å². The normalized spacial score (nSPS) is 33.5. The van der Waals surface area contributed by atoms with Crippen molar-refractivity contribution in [2.24, 2.45) is 5.41 Å². The molecule has 2 saturated heterocycles. The van der Waals surface area contributed by atoms with Crippen LogP contribution in [0.25, 0.3) is 0 Å². The SMILES string of the molecule is CCCC1(C(=O)NCC2COC(C)(C)O2)CCNC1. The van der Waals surface area contributed by atoms with Gasteiger partial charge in [0, 0.05) is 13.1 Å². The van der Waals surface area contributed by atoms with Crippen LogP contribution in [0.4, 0.5) is 0 Å². The molecule has 2 fully saturated rings. The Labute approximate surface area is 115 Å². The molecule has 2 rings (SSSR count). The van der Waals surface area contributed by atoms with E-state index in [1.807, 2.05) is 13.8 Å². The molecule has 19 heavy (non-hydrogen) atoms. The first-order valence-electron chi connectivity index (χ1n) is 7.28. The number of nitrogens with one attached hydrogen (secondary N) is 2. The first kappa shape index (κ1) is 14.8. The molecule has 0 spiro atoms. The van der Waals surface area contributed by atoms with Gasteiger partial charge in [-0.1, -0.05) is 13.3 Å². The smallest absolute Gasteiger partial charge is 0.227 e. The number of ether oxygens (including phenoxy) is 2. The van der Waals surface area contributed by atoms with Gasteiger partial charge in [-0.25, -0.2) is 0 Å². The van der Waals surface area contributed by atoms with Gasteiger partial charge in [0.15, 0.2) is 5.79 Å². The summed E-state index contributed by atoms with van der Waals surface area (Å²) in [6.07, 6.45) is 2.87. The van der Waals surface area contributed by atoms with Crippen LogP contribution in [0.3, 0.4) is 0 Å². The minimum atomic E-state index is -0.522. The molecule has 0 bridgehead atoms. The van der Waals surface area contributed by atoms with Crippen molar-refractivity contribution in [3.8, 4) is 0 Å². The average molecular weight is 270 g/mol. The minimum Gasteiger partial charge on any atom is -0.353 e. The maximum Gasteiger partial charge on any atom is 0.227 e. The molecule has 0 aromatic rings. The van der Waals surface area contributed by atoms with Crippen LogP contribution in [0.1, 0.15) is 40.0 Å². The predicted molar refractivity (Wildman–Crippen MR) is 72.7 cm³/mol. The Morgan fingerprint density at radius 3 is 2.79 bits per heavy atom. The van der Waals surface area contributed by atoms with Crippen molar-refractivity contribution < 1.29 is 14.3 Å². The minimum absolute atomic E-state index is 0.0352. The summed E-state index contributed by atoms with van der Waals surface area (Å²) in [5, 5.41) is 6.35. The molecule has 110 valence electrons. The van der Waals surface area contributed by atoms with Crippen LogP contribution in [0, 0.1) is 5.41 Å². The quantitative estimate of drug-likeness (QED) is 0.783. The zero-order valence-electron chi connectivity index (χ0n) is 12.3. The second kappa shape index (κ2) is 5.77. The molecule has 2 atom stereocenters. The predicted octanol–water partition coefficient (Wildman–Crippen LogP) is 1.03. The summed E-state index contributed by atoms with van der Waals surface area (Å²) in [5.74, 6) is -0.363. The standard InChI is InChI=1S/C14H26N2O3/c1-4-5-14(6-7-15-10-14)12(17)16-8-11-9-18-13(2,3)19-11/h11,15H,4-10H2,1-3H3,(H,16,17). The van der Waals surface area contributed by atoms with Gasteiger partial charge >= 0.3 is 0 Å². The van der Waals surface area contributed by atoms with E-state index in [0.29, 0.717) is 13.2 Å². The summed E-state index contributed by atoms with van der Waals surface area (Å²) in [6.45, 7) is 8.73. The summed E-state index contributed by atoms with van der Waals surface area (Å²) < 4.78 is 11.2. The van der Waals surface area contributed by atoms with Crippen LogP contribution in [-0.2, 0) is 14.3 Å². The summed E-state index contributed by atoms with van der Waals surface area (Å²) in [4.78, 5) is 12.4. The van der Waals surface area contributed by atoms with E-state index in [2.05, 4.69) is 17.6 Å². The molecule has 0 aliphatic carbocycles. The van der Waals surface area contributed by atoms with Gasteiger partial charge < -0.3 is 20.1 Å². The van der Waals surface area contributed by atoms with Crippen molar-refractivity contribution in [1.29, 1.82) is 0 Å². The number of hydrogen-bond donors (Lipinski definition) is 2. The van der Waals surface area contributed by atoms with Gasteiger partial charge in [-0.15, -0.1) is 0 Å². The fraction of sp³-hybridized carbons (Fsp3) is 0.929. The lowest BCUT2D eigenvalue weighted by molar-refractivity contribution is -0.141. The molecule has 2 N–H and O–H groups in total. The summed E-state index contributed by atoms with van der Waals surface area (Å²) in [6, 6.07) is 0. The van der Waals surface area contributed by atoms with Crippen LogP contribution in [0.2, 0.25) is 0 Å². The first-order valence-corrected chi connectivity index (χ1v) is 7.28. The molecule has 0 aromatic heterocycles. The Kier molecular flexibility index (Phi) is 4.48. The molecular formula is C14H26N2O3. The third kappa shape index (κ3) is 3.46. The summed E-state index contributed by atoms with van der Waals surface area (Å²) >= 11 is 0. The van der Waals surface area contributed by atoms with Crippen LogP contribution in [0.15, 0.2) is 0 Å². The maximum atomic E-state index is 12.4. The van der Waals surface area contributed by atoms with E-state index < -0.39 is 5.79 Å². The van der Waals surface area contributed by atoms with Gasteiger partial charge in [0.25, 0.3) is 0 Å². The van der Waals surface area contributed by atoms with Gasteiger partial charge in [-0.3, -0.25) is 4.79 Å². The van der Waals surface area contributed by atoms with Crippen LogP contribution in [-0.4, -0.2) is 44.0 Å². The number of hydrogen-bond acceptors (Lipinski definition) is 4. The van der Waals surface area contributed by atoms with Crippen molar-refractivity contribution in [2.45, 2.75) is 51.9 Å². The molecule has 0 aromatic carbocycles. The van der Waals surface area contributed by atoms with Crippen molar-refractivity contribution in [3.05, 3.63) is 0 Å². The zero-order valence-corrected chi connectivity index (χ0v) is 12.3. The largest absolute Gasteiger partial charge is 0.353 e. The molecule has 0 radical (unpaired) electrons. The van der Waals surface area contributed by atoms with Gasteiger partial charge in [0.1, 0.15) is 6.10 Å². The van der Waals surface area contributed by atoms with Crippen molar-refractivity contribution in [2.75, 3.05) is 26.2 Å². The Morgan fingerprint density at radius 1 is 1.47 bits per heavy atom. The third-order valence-electron chi connectivity index (χ3n) is 4.01. The van der Waals surface area contributed by atoms with Gasteiger partial charge in [0.05, 0.1) is 12.0 Å². The second-order valence-corrected chi connectivity index (χ2v) is 6.12. The maximum absolute atomic E-state index is 12.4. The lowest BCUT2D eigenvalue weighted by Crippen LogP contribution is -2.45. The molecule has 2 aliphatic heterocycles. The molecule has 5 heteroatoms. The highest BCUT2D eigenvalue weighted by atomic mass is 16.7. The topological polar surface area (TPSA) is 59.6 Å². The molecule has 2 heterocycles. The highest BCUT2D eigenvalue weighted by Gasteiger charge is 2.41. The average Bonchev–Trinajstić information content (AvgIpc) is 2.94. The lowest BCUT2D eigenvalue weighted by Gasteiger charge is -2.27. The fourth-order valence-corrected chi connectivity index (χ4v) is 3.00. The van der Waals surface area contributed by atoms with Gasteiger partial charge in [-0.05, 0) is 33.2 Å². The second-order valence-electron chi connectivity index (χ2n) is 6.12. The molecular weight excluding hydrogens is 244 g/mol. The lowest BCUT2D eigenvalue weighted by atomic mass is 9.81. The zero-order chi connectivity index (χ0) is 13.9. The van der Waals surface area contributed by atoms with Crippen LogP contribution in [0.5, 0.6) is 0 Å². The molecule has 2 unspecified atom stereocenters. The van der Waals surface area contributed by atoms with Gasteiger partial charge in [0.2, 0.25) is 5.91 Å². The van der Waals surface area contributed by atoms with Crippen LogP contribution < -0.4 is 10.6 Å². The highest BCUT2D eigenvalue weighted by Crippen LogP contribution is 2.31. The third-order valence-corrected chi connectivity index (χ3v) is 4.01. The van der Waals surface area contributed by atoms with E-state index >= 15 is 0 Å². The van der Waals surface area contributed by atoms with Crippen LogP contribution >= 0.6 is 0 Å². The van der Waals surface area contributed by atoms with E-state index in [0.717, 1.165) is 32.4 Å². The van der Waals surface area contributed by atoms with E-state index in [4.69, 9.17) is 9.47 Å². The molecule has 0 saturated carbocycles. The Morgan fingerprint density at radius 2 is 2.26 bits per heavy atom. The monoisotopic (exact) mass is 270 g/mol. The molecule has 1 amide bonds. The number of rotatable bonds is 5. The van der Waals surface area contributed by atoms with E-state index in [9.17, 15) is 4.79 Å². The first-order chi connectivity index (χ1) is 8.97. The summed E-state index contributed by atoms with van der Waals surface area (Å²) in [7, 11) is 0. The van der Waals surface area contributed by atoms with Gasteiger partial charge in [-0.2, -0.15) is 0 Å². The molecule has 2 aliphatic rings. The number of carbonyl (C=O) groups is 1. The van der Waals surface area contributed by atoms with Crippen molar-refractivity contribution in [1.82, 2.24) is 10.6 Å². The Bertz CT molecular complexity index is 325. The number of amides is 1. The van der Waals surface area contributed by atoms with E-state index in [1.165, 1.54) is 0 Å². The van der Waals surface area contributed by atoms with E-state index in [1.54, 1.807) is 0 Å². The molecule has 5 nitrogen and oxygen atoms in total. The Hall–Kier alpha value is -0.650. The van der Waals surface area contributed by atoms with Crippen molar-refractivity contribution in [3.63, 3.8) is 0 Å².